The van der Waals surface area contributed by atoms with Crippen LogP contribution in [0.3, 0.4) is 0 Å². The van der Waals surface area contributed by atoms with Crippen LogP contribution in [0.5, 0.6) is 11.5 Å². The number of carbonyl (C=O) groups is 2. The molecule has 1 fully saturated rings. The van der Waals surface area contributed by atoms with Crippen molar-refractivity contribution in [3.63, 3.8) is 0 Å². The number of hydrogen-bond donors (Lipinski definition) is 1. The molecule has 204 valence electrons. The van der Waals surface area contributed by atoms with Crippen LogP contribution >= 0.6 is 23.1 Å². The number of carbonyl (C=O) groups excluding carboxylic acids is 2. The molecule has 1 saturated heterocycles. The molecule has 2 heterocycles. The fourth-order valence-corrected chi connectivity index (χ4v) is 6.14. The van der Waals surface area contributed by atoms with Crippen LogP contribution in [0.25, 0.3) is 5.76 Å². The van der Waals surface area contributed by atoms with Gasteiger partial charge in [0.15, 0.2) is 4.34 Å². The van der Waals surface area contributed by atoms with E-state index in [1.807, 2.05) is 43.3 Å². The quantitative estimate of drug-likeness (QED) is 0.0781. The number of ketones is 1. The number of aromatic nitrogens is 2. The van der Waals surface area contributed by atoms with E-state index < -0.39 is 17.7 Å². The van der Waals surface area contributed by atoms with Gasteiger partial charge < -0.3 is 14.6 Å². The first-order valence-corrected chi connectivity index (χ1v) is 14.5. The summed E-state index contributed by atoms with van der Waals surface area (Å²) in [6, 6.07) is 22.9. The maximum atomic E-state index is 13.5. The molecule has 1 unspecified atom stereocenters. The Kier molecular flexibility index (Phi) is 8.47. The Bertz CT molecular complexity index is 1540. The fraction of sp³-hybridized carbons (Fsp3) is 0.200. The van der Waals surface area contributed by atoms with Crippen molar-refractivity contribution in [2.24, 2.45) is 0 Å². The van der Waals surface area contributed by atoms with E-state index in [2.05, 4.69) is 10.2 Å². The summed E-state index contributed by atoms with van der Waals surface area (Å²) in [5.74, 6) is 0.0278. The first-order chi connectivity index (χ1) is 19.5. The first kappa shape index (κ1) is 27.4. The normalized spacial score (nSPS) is 16.4. The van der Waals surface area contributed by atoms with Gasteiger partial charge in [0.2, 0.25) is 5.13 Å². The highest BCUT2D eigenvalue weighted by atomic mass is 32.2. The van der Waals surface area contributed by atoms with Gasteiger partial charge in [-0.05, 0) is 53.9 Å². The molecule has 0 radical (unpaired) electrons. The Hall–Kier alpha value is -4.15. The molecule has 0 saturated carbocycles. The lowest BCUT2D eigenvalue weighted by Crippen LogP contribution is -2.29. The lowest BCUT2D eigenvalue weighted by Gasteiger charge is -2.23. The van der Waals surface area contributed by atoms with Gasteiger partial charge in [-0.2, -0.15) is 0 Å². The Balaban J connectivity index is 1.55. The van der Waals surface area contributed by atoms with Crippen molar-refractivity contribution >= 4 is 45.7 Å². The third-order valence-electron chi connectivity index (χ3n) is 6.26. The zero-order chi connectivity index (χ0) is 28.1. The second-order valence-corrected chi connectivity index (χ2v) is 11.1. The minimum absolute atomic E-state index is 0.0310. The second-order valence-electron chi connectivity index (χ2n) is 8.94. The van der Waals surface area contributed by atoms with Gasteiger partial charge in [-0.1, -0.05) is 72.5 Å². The number of ether oxygens (including phenoxy) is 2. The molecule has 1 aliphatic heterocycles. The first-order valence-electron chi connectivity index (χ1n) is 12.7. The molecule has 3 aromatic carbocycles. The highest BCUT2D eigenvalue weighted by Gasteiger charge is 2.48. The van der Waals surface area contributed by atoms with Gasteiger partial charge >= 0.3 is 5.91 Å². The molecule has 0 spiro atoms. The molecule has 40 heavy (non-hydrogen) atoms. The molecule has 1 atom stereocenters. The van der Waals surface area contributed by atoms with Crippen molar-refractivity contribution in [3.8, 4) is 11.5 Å². The number of amides is 1. The minimum atomic E-state index is -0.924. The van der Waals surface area contributed by atoms with Crippen molar-refractivity contribution in [1.29, 1.82) is 0 Å². The van der Waals surface area contributed by atoms with Gasteiger partial charge in [0.05, 0.1) is 25.3 Å². The summed E-state index contributed by atoms with van der Waals surface area (Å²) >= 11 is 2.73. The third-order valence-corrected chi connectivity index (χ3v) is 8.39. The third kappa shape index (κ3) is 5.73. The molecular weight excluding hydrogens is 546 g/mol. The van der Waals surface area contributed by atoms with Crippen molar-refractivity contribution in [2.45, 2.75) is 29.5 Å². The van der Waals surface area contributed by atoms with Crippen LogP contribution in [0, 0.1) is 0 Å². The molecule has 4 aromatic rings. The molecule has 1 aromatic heterocycles. The number of Topliss-reactive ketones (excluding diaryl/α,β-unsaturated/α-hetero) is 1. The number of anilines is 1. The molecule has 1 N–H and O–H groups in total. The summed E-state index contributed by atoms with van der Waals surface area (Å²) in [5, 5.41) is 20.2. The van der Waals surface area contributed by atoms with E-state index in [0.29, 0.717) is 39.3 Å². The summed E-state index contributed by atoms with van der Waals surface area (Å²) in [5.41, 5.74) is 2.10. The zero-order valence-corrected chi connectivity index (χ0v) is 23.6. The van der Waals surface area contributed by atoms with Gasteiger partial charge in [0, 0.05) is 11.3 Å². The summed E-state index contributed by atoms with van der Waals surface area (Å²) in [7, 11) is 1.54. The molecule has 10 heteroatoms. The van der Waals surface area contributed by atoms with Crippen LogP contribution in [0.15, 0.2) is 88.8 Å². The highest BCUT2D eigenvalue weighted by Crippen LogP contribution is 2.44. The zero-order valence-electron chi connectivity index (χ0n) is 21.9. The van der Waals surface area contributed by atoms with Crippen LogP contribution in [-0.2, 0) is 15.3 Å². The smallest absolute Gasteiger partial charge is 0.301 e. The molecule has 0 aliphatic carbocycles. The van der Waals surface area contributed by atoms with Crippen LogP contribution in [-0.4, -0.2) is 40.7 Å². The number of hydrogen-bond acceptors (Lipinski definition) is 9. The standard InChI is InChI=1S/C30H27N3O5S2/c1-3-16-38-23-11-7-10-21(17-23)25-24(26(34)20-12-14-22(37-2)15-13-20)27(35)28(36)33(25)29-31-32-30(40-29)39-18-19-8-5-4-6-9-19/h4-15,17,25,34H,3,16,18H2,1-2H3/b26-24+. The number of benzene rings is 3. The summed E-state index contributed by atoms with van der Waals surface area (Å²) in [6.07, 6.45) is 0.828. The van der Waals surface area contributed by atoms with Crippen LogP contribution in [0.2, 0.25) is 0 Å². The highest BCUT2D eigenvalue weighted by molar-refractivity contribution is 8.00. The van der Waals surface area contributed by atoms with Gasteiger partial charge in [-0.3, -0.25) is 14.5 Å². The monoisotopic (exact) mass is 573 g/mol. The average molecular weight is 574 g/mol. The summed E-state index contributed by atoms with van der Waals surface area (Å²) < 4.78 is 11.7. The van der Waals surface area contributed by atoms with Crippen LogP contribution < -0.4 is 14.4 Å². The number of nitrogens with zero attached hydrogens (tertiary/aromatic N) is 3. The van der Waals surface area contributed by atoms with Crippen molar-refractivity contribution in [2.75, 3.05) is 18.6 Å². The predicted octanol–water partition coefficient (Wildman–Crippen LogP) is 6.25. The molecule has 0 bridgehead atoms. The predicted molar refractivity (Wildman–Crippen MR) is 156 cm³/mol. The number of thioether (sulfide) groups is 1. The lowest BCUT2D eigenvalue weighted by atomic mass is 9.95. The van der Waals surface area contributed by atoms with Gasteiger partial charge in [0.25, 0.3) is 5.78 Å². The van der Waals surface area contributed by atoms with E-state index in [0.717, 1.165) is 12.0 Å². The van der Waals surface area contributed by atoms with E-state index in [-0.39, 0.29) is 16.5 Å². The van der Waals surface area contributed by atoms with Gasteiger partial charge in [-0.25, -0.2) is 0 Å². The van der Waals surface area contributed by atoms with Crippen molar-refractivity contribution in [3.05, 3.63) is 101 Å². The summed E-state index contributed by atoms with van der Waals surface area (Å²) in [4.78, 5) is 28.3. The number of aliphatic hydroxyl groups is 1. The minimum Gasteiger partial charge on any atom is -0.507 e. The Morgan fingerprint density at radius 2 is 1.77 bits per heavy atom. The van der Waals surface area contributed by atoms with Crippen LogP contribution in [0.4, 0.5) is 5.13 Å². The maximum Gasteiger partial charge on any atom is 0.301 e. The van der Waals surface area contributed by atoms with E-state index in [4.69, 9.17) is 9.47 Å². The van der Waals surface area contributed by atoms with Crippen molar-refractivity contribution < 1.29 is 24.2 Å². The molecular formula is C30H27N3O5S2. The largest absolute Gasteiger partial charge is 0.507 e. The summed E-state index contributed by atoms with van der Waals surface area (Å²) in [6.45, 7) is 2.53. The number of methoxy groups -OCH3 is 1. The lowest BCUT2D eigenvalue weighted by molar-refractivity contribution is -0.132. The molecule has 8 nitrogen and oxygen atoms in total. The van der Waals surface area contributed by atoms with E-state index in [1.165, 1.54) is 28.0 Å². The molecule has 1 aliphatic rings. The molecule has 1 amide bonds. The SMILES string of the molecule is CCCOc1cccc(C2/C(=C(\O)c3ccc(OC)cc3)C(=O)C(=O)N2c2nnc(SCc3ccccc3)s2)c1. The van der Waals surface area contributed by atoms with Gasteiger partial charge in [-0.15, -0.1) is 10.2 Å². The van der Waals surface area contributed by atoms with E-state index in [9.17, 15) is 14.7 Å². The Labute approximate surface area is 240 Å². The average Bonchev–Trinajstić information content (AvgIpc) is 3.57. The van der Waals surface area contributed by atoms with Crippen molar-refractivity contribution in [1.82, 2.24) is 10.2 Å². The van der Waals surface area contributed by atoms with E-state index in [1.54, 1.807) is 49.6 Å². The maximum absolute atomic E-state index is 13.5. The number of rotatable bonds is 10. The number of aliphatic hydroxyl groups excluding tert-OH is 1. The fourth-order valence-electron chi connectivity index (χ4n) is 4.32. The Morgan fingerprint density at radius 3 is 2.50 bits per heavy atom. The second kappa shape index (κ2) is 12.4. The van der Waals surface area contributed by atoms with Gasteiger partial charge in [0.1, 0.15) is 17.3 Å². The topological polar surface area (TPSA) is 102 Å². The van der Waals surface area contributed by atoms with Crippen LogP contribution in [0.1, 0.15) is 36.1 Å². The molecule has 5 rings (SSSR count). The van der Waals surface area contributed by atoms with E-state index >= 15 is 0 Å². The Morgan fingerprint density at radius 1 is 1.00 bits per heavy atom.